The van der Waals surface area contributed by atoms with E-state index in [-0.39, 0.29) is 6.10 Å². The second kappa shape index (κ2) is 8.10. The second-order valence-electron chi connectivity index (χ2n) is 12.0. The molecule has 0 aromatic rings. The summed E-state index contributed by atoms with van der Waals surface area (Å²) >= 11 is 2.10. The van der Waals surface area contributed by atoms with Crippen molar-refractivity contribution in [3.63, 3.8) is 0 Å². The van der Waals surface area contributed by atoms with E-state index >= 15 is 0 Å². The highest BCUT2D eigenvalue weighted by molar-refractivity contribution is 7.99. The SMILES string of the molecule is CC(C)SCC[C@@H](C)[C@H]1C(O)C[C@H]2[C@@H]3CCC4CCCC[C@]4(C)[C@H]3CC[C@]12C. The molecule has 1 nitrogen and oxygen atoms in total. The number of fused-ring (bicyclic) bond motifs is 5. The third kappa shape index (κ3) is 3.51. The van der Waals surface area contributed by atoms with E-state index in [9.17, 15) is 5.11 Å². The predicted octanol–water partition coefficient (Wildman–Crippen LogP) is 7.17. The number of aliphatic hydroxyl groups excluding tert-OH is 1. The van der Waals surface area contributed by atoms with Crippen LogP contribution in [0.4, 0.5) is 0 Å². The molecule has 162 valence electrons. The van der Waals surface area contributed by atoms with Crippen molar-refractivity contribution >= 4 is 11.8 Å². The number of hydrogen-bond donors (Lipinski definition) is 1. The van der Waals surface area contributed by atoms with Crippen LogP contribution in [0.2, 0.25) is 0 Å². The van der Waals surface area contributed by atoms with Crippen molar-refractivity contribution < 1.29 is 5.11 Å². The third-order valence-corrected chi connectivity index (χ3v) is 11.5. The van der Waals surface area contributed by atoms with Crippen molar-refractivity contribution in [2.24, 2.45) is 46.3 Å². The minimum Gasteiger partial charge on any atom is -0.393 e. The van der Waals surface area contributed by atoms with Crippen LogP contribution in [0.5, 0.6) is 0 Å². The molecule has 0 aromatic carbocycles. The fraction of sp³-hybridized carbons (Fsp3) is 1.00. The zero-order valence-corrected chi connectivity index (χ0v) is 20.1. The van der Waals surface area contributed by atoms with Gasteiger partial charge in [-0.3, -0.25) is 0 Å². The fourth-order valence-electron chi connectivity index (χ4n) is 9.05. The van der Waals surface area contributed by atoms with Crippen LogP contribution in [-0.4, -0.2) is 22.2 Å². The summed E-state index contributed by atoms with van der Waals surface area (Å²) in [5.41, 5.74) is 1.01. The fourth-order valence-corrected chi connectivity index (χ4v) is 10.0. The quantitative estimate of drug-likeness (QED) is 0.522. The van der Waals surface area contributed by atoms with Crippen LogP contribution >= 0.6 is 11.8 Å². The van der Waals surface area contributed by atoms with Gasteiger partial charge in [-0.2, -0.15) is 11.8 Å². The first kappa shape index (κ1) is 21.5. The maximum atomic E-state index is 11.2. The molecule has 2 heteroatoms. The summed E-state index contributed by atoms with van der Waals surface area (Å²) in [5, 5.41) is 12.0. The summed E-state index contributed by atoms with van der Waals surface area (Å²) in [6.45, 7) is 12.3. The molecule has 4 rings (SSSR count). The van der Waals surface area contributed by atoms with Crippen molar-refractivity contribution in [3.8, 4) is 0 Å². The first-order valence-electron chi connectivity index (χ1n) is 12.6. The lowest BCUT2D eigenvalue weighted by atomic mass is 9.44. The summed E-state index contributed by atoms with van der Waals surface area (Å²) in [6.07, 6.45) is 14.0. The molecule has 9 atom stereocenters. The highest BCUT2D eigenvalue weighted by Gasteiger charge is 2.62. The summed E-state index contributed by atoms with van der Waals surface area (Å²) in [5.74, 6) is 6.08. The second-order valence-corrected chi connectivity index (χ2v) is 13.6. The molecule has 0 radical (unpaired) electrons. The van der Waals surface area contributed by atoms with Crippen molar-refractivity contribution in [1.29, 1.82) is 0 Å². The van der Waals surface area contributed by atoms with E-state index in [1.54, 1.807) is 0 Å². The minimum atomic E-state index is -0.0512. The molecule has 0 aliphatic heterocycles. The van der Waals surface area contributed by atoms with Crippen LogP contribution in [0, 0.1) is 46.3 Å². The van der Waals surface area contributed by atoms with E-state index in [0.29, 0.717) is 22.7 Å². The number of aliphatic hydroxyl groups is 1. The third-order valence-electron chi connectivity index (χ3n) is 10.3. The Morgan fingerprint density at radius 3 is 2.46 bits per heavy atom. The van der Waals surface area contributed by atoms with Gasteiger partial charge in [-0.05, 0) is 109 Å². The maximum absolute atomic E-state index is 11.2. The molecule has 0 spiro atoms. The zero-order chi connectivity index (χ0) is 20.1. The zero-order valence-electron chi connectivity index (χ0n) is 19.3. The van der Waals surface area contributed by atoms with Gasteiger partial charge in [0, 0.05) is 0 Å². The van der Waals surface area contributed by atoms with Gasteiger partial charge in [0.05, 0.1) is 6.10 Å². The van der Waals surface area contributed by atoms with Gasteiger partial charge in [0.15, 0.2) is 0 Å². The highest BCUT2D eigenvalue weighted by atomic mass is 32.2. The van der Waals surface area contributed by atoms with Crippen molar-refractivity contribution in [2.75, 3.05) is 5.75 Å². The van der Waals surface area contributed by atoms with Crippen molar-refractivity contribution in [1.82, 2.24) is 0 Å². The van der Waals surface area contributed by atoms with Crippen LogP contribution in [0.25, 0.3) is 0 Å². The molecule has 0 saturated heterocycles. The topological polar surface area (TPSA) is 20.2 Å². The number of thioether (sulfide) groups is 1. The summed E-state index contributed by atoms with van der Waals surface area (Å²) in [6, 6.07) is 0. The summed E-state index contributed by atoms with van der Waals surface area (Å²) in [7, 11) is 0. The molecule has 4 saturated carbocycles. The van der Waals surface area contributed by atoms with Crippen molar-refractivity contribution in [2.45, 2.75) is 110 Å². The van der Waals surface area contributed by atoms with Gasteiger partial charge in [-0.15, -0.1) is 0 Å². The summed E-state index contributed by atoms with van der Waals surface area (Å²) in [4.78, 5) is 0. The smallest absolute Gasteiger partial charge is 0.0579 e. The Kier molecular flexibility index (Phi) is 6.23. The first-order chi connectivity index (χ1) is 13.3. The van der Waals surface area contributed by atoms with Gasteiger partial charge in [0.2, 0.25) is 0 Å². The average molecular weight is 407 g/mol. The van der Waals surface area contributed by atoms with E-state index in [1.165, 1.54) is 63.5 Å². The molecule has 1 N–H and O–H groups in total. The number of rotatable bonds is 5. The van der Waals surface area contributed by atoms with Gasteiger partial charge < -0.3 is 5.11 Å². The van der Waals surface area contributed by atoms with E-state index in [2.05, 4.69) is 46.4 Å². The molecule has 28 heavy (non-hydrogen) atoms. The largest absolute Gasteiger partial charge is 0.393 e. The van der Waals surface area contributed by atoms with Gasteiger partial charge in [-0.25, -0.2) is 0 Å². The molecule has 2 unspecified atom stereocenters. The van der Waals surface area contributed by atoms with Crippen LogP contribution < -0.4 is 0 Å². The van der Waals surface area contributed by atoms with Crippen molar-refractivity contribution in [3.05, 3.63) is 0 Å². The predicted molar refractivity (Wildman–Crippen MR) is 123 cm³/mol. The Labute approximate surface area is 179 Å². The minimum absolute atomic E-state index is 0.0512. The molecule has 4 aliphatic rings. The Bertz CT molecular complexity index is 547. The van der Waals surface area contributed by atoms with Crippen LogP contribution in [-0.2, 0) is 0 Å². The van der Waals surface area contributed by atoms with Gasteiger partial charge in [0.25, 0.3) is 0 Å². The standard InChI is InChI=1S/C26H46OS/c1-17(2)28-15-12-18(3)24-23(27)16-22-20-10-9-19-8-6-7-13-25(19,4)21(20)11-14-26(22,24)5/h17-24,27H,6-16H2,1-5H3/t18-,19?,20-,21+,22+,23?,24+,25+,26+/m1/s1. The Morgan fingerprint density at radius 1 is 0.929 bits per heavy atom. The van der Waals surface area contributed by atoms with E-state index < -0.39 is 0 Å². The molecule has 0 amide bonds. The normalized spacial score (nSPS) is 49.4. The van der Waals surface area contributed by atoms with E-state index in [0.717, 1.165) is 35.3 Å². The monoisotopic (exact) mass is 406 g/mol. The molecular weight excluding hydrogens is 360 g/mol. The van der Waals surface area contributed by atoms with Crippen LogP contribution in [0.3, 0.4) is 0 Å². The molecule has 0 heterocycles. The van der Waals surface area contributed by atoms with Gasteiger partial charge in [0.1, 0.15) is 0 Å². The highest BCUT2D eigenvalue weighted by Crippen LogP contribution is 2.68. The first-order valence-corrected chi connectivity index (χ1v) is 13.6. The molecule has 4 aliphatic carbocycles. The number of hydrogen-bond acceptors (Lipinski definition) is 2. The van der Waals surface area contributed by atoms with Crippen LogP contribution in [0.15, 0.2) is 0 Å². The lowest BCUT2D eigenvalue weighted by Gasteiger charge is -2.60. The van der Waals surface area contributed by atoms with E-state index in [4.69, 9.17) is 0 Å². The lowest BCUT2D eigenvalue weighted by Crippen LogP contribution is -2.53. The Morgan fingerprint density at radius 2 is 1.71 bits per heavy atom. The molecule has 4 fully saturated rings. The molecule has 0 bridgehead atoms. The maximum Gasteiger partial charge on any atom is 0.0579 e. The Balaban J connectivity index is 1.51. The average Bonchev–Trinajstić information content (AvgIpc) is 2.91. The lowest BCUT2D eigenvalue weighted by molar-refractivity contribution is -0.115. The Hall–Kier alpha value is 0.310. The summed E-state index contributed by atoms with van der Waals surface area (Å²) < 4.78 is 0. The van der Waals surface area contributed by atoms with Gasteiger partial charge in [-0.1, -0.05) is 47.5 Å². The van der Waals surface area contributed by atoms with Crippen LogP contribution in [0.1, 0.15) is 98.8 Å². The molecule has 0 aromatic heterocycles. The van der Waals surface area contributed by atoms with E-state index in [1.807, 2.05) is 0 Å². The molecular formula is C26H46OS. The van der Waals surface area contributed by atoms with Gasteiger partial charge >= 0.3 is 0 Å².